The average Bonchev–Trinajstić information content (AvgIpc) is 2.43. The van der Waals surface area contributed by atoms with E-state index in [1.807, 2.05) is 6.92 Å². The maximum absolute atomic E-state index is 6.06. The molecule has 2 unspecified atom stereocenters. The SMILES string of the molecule is CCCCCCCCOC(c1ccc(C)cc1)C(C)N. The van der Waals surface area contributed by atoms with Crippen LogP contribution in [0.1, 0.15) is 69.6 Å². The summed E-state index contributed by atoms with van der Waals surface area (Å²) in [4.78, 5) is 0. The third kappa shape index (κ3) is 6.53. The molecule has 2 nitrogen and oxygen atoms in total. The summed E-state index contributed by atoms with van der Waals surface area (Å²) in [5.74, 6) is 0. The number of hydrogen-bond donors (Lipinski definition) is 1. The van der Waals surface area contributed by atoms with Gasteiger partial charge in [0, 0.05) is 12.6 Å². The molecule has 0 radical (unpaired) electrons. The fourth-order valence-electron chi connectivity index (χ4n) is 2.40. The van der Waals surface area contributed by atoms with Crippen LogP contribution in [-0.4, -0.2) is 12.6 Å². The minimum absolute atomic E-state index is 0.0197. The predicted octanol–water partition coefficient (Wildman–Crippen LogP) is 4.76. The smallest absolute Gasteiger partial charge is 0.0972 e. The Morgan fingerprint density at radius 2 is 1.60 bits per heavy atom. The molecular weight excluding hydrogens is 246 g/mol. The van der Waals surface area contributed by atoms with Gasteiger partial charge in [-0.2, -0.15) is 0 Å². The van der Waals surface area contributed by atoms with Crippen molar-refractivity contribution in [1.82, 2.24) is 0 Å². The second-order valence-corrected chi connectivity index (χ2v) is 5.83. The fraction of sp³-hybridized carbons (Fsp3) is 0.667. The molecule has 2 N–H and O–H groups in total. The Balaban J connectivity index is 2.31. The van der Waals surface area contributed by atoms with Crippen LogP contribution in [0.4, 0.5) is 0 Å². The van der Waals surface area contributed by atoms with Crippen molar-refractivity contribution < 1.29 is 4.74 Å². The fourth-order valence-corrected chi connectivity index (χ4v) is 2.40. The number of rotatable bonds is 10. The van der Waals surface area contributed by atoms with Gasteiger partial charge in [-0.15, -0.1) is 0 Å². The highest BCUT2D eigenvalue weighted by atomic mass is 16.5. The van der Waals surface area contributed by atoms with Gasteiger partial charge in [-0.25, -0.2) is 0 Å². The van der Waals surface area contributed by atoms with Crippen LogP contribution in [0.2, 0.25) is 0 Å². The van der Waals surface area contributed by atoms with Crippen LogP contribution in [0.15, 0.2) is 24.3 Å². The lowest BCUT2D eigenvalue weighted by Gasteiger charge is -2.22. The van der Waals surface area contributed by atoms with Crippen molar-refractivity contribution in [2.45, 2.75) is 71.4 Å². The Morgan fingerprint density at radius 3 is 2.20 bits per heavy atom. The van der Waals surface area contributed by atoms with Gasteiger partial charge < -0.3 is 10.5 Å². The largest absolute Gasteiger partial charge is 0.372 e. The van der Waals surface area contributed by atoms with Crippen molar-refractivity contribution in [3.63, 3.8) is 0 Å². The zero-order valence-electron chi connectivity index (χ0n) is 13.4. The first kappa shape index (κ1) is 17.2. The van der Waals surface area contributed by atoms with Crippen LogP contribution in [0, 0.1) is 6.92 Å². The Morgan fingerprint density at radius 1 is 1.00 bits per heavy atom. The van der Waals surface area contributed by atoms with Crippen LogP contribution in [-0.2, 0) is 4.74 Å². The van der Waals surface area contributed by atoms with Crippen LogP contribution in [0.3, 0.4) is 0 Å². The number of unbranched alkanes of at least 4 members (excludes halogenated alkanes) is 5. The first-order valence-electron chi connectivity index (χ1n) is 8.09. The molecule has 1 aromatic rings. The second kappa shape index (κ2) is 9.95. The lowest BCUT2D eigenvalue weighted by Crippen LogP contribution is -2.27. The maximum atomic E-state index is 6.06. The molecule has 0 fully saturated rings. The monoisotopic (exact) mass is 277 g/mol. The van der Waals surface area contributed by atoms with Crippen LogP contribution >= 0.6 is 0 Å². The quantitative estimate of drug-likeness (QED) is 0.626. The number of aryl methyl sites for hydroxylation is 1. The van der Waals surface area contributed by atoms with Gasteiger partial charge in [0.05, 0.1) is 6.10 Å². The summed E-state index contributed by atoms with van der Waals surface area (Å²) < 4.78 is 6.01. The van der Waals surface area contributed by atoms with E-state index >= 15 is 0 Å². The minimum Gasteiger partial charge on any atom is -0.372 e. The van der Waals surface area contributed by atoms with E-state index in [1.165, 1.54) is 43.2 Å². The second-order valence-electron chi connectivity index (χ2n) is 5.83. The van der Waals surface area contributed by atoms with Gasteiger partial charge >= 0.3 is 0 Å². The molecule has 0 aliphatic carbocycles. The van der Waals surface area contributed by atoms with E-state index in [1.54, 1.807) is 0 Å². The van der Waals surface area contributed by atoms with Crippen molar-refractivity contribution >= 4 is 0 Å². The van der Waals surface area contributed by atoms with Gasteiger partial charge in [-0.3, -0.25) is 0 Å². The third-order valence-electron chi connectivity index (χ3n) is 3.68. The summed E-state index contributed by atoms with van der Waals surface area (Å²) in [5.41, 5.74) is 8.52. The minimum atomic E-state index is 0.0197. The van der Waals surface area contributed by atoms with Gasteiger partial charge in [0.1, 0.15) is 0 Å². The molecule has 0 spiro atoms. The summed E-state index contributed by atoms with van der Waals surface area (Å²) in [6.07, 6.45) is 7.75. The molecule has 2 atom stereocenters. The van der Waals surface area contributed by atoms with Gasteiger partial charge in [-0.1, -0.05) is 68.9 Å². The molecule has 0 saturated carbocycles. The number of nitrogens with two attached hydrogens (primary N) is 1. The molecule has 1 aromatic carbocycles. The average molecular weight is 277 g/mol. The maximum Gasteiger partial charge on any atom is 0.0972 e. The summed E-state index contributed by atoms with van der Waals surface area (Å²) in [7, 11) is 0. The normalized spacial score (nSPS) is 14.2. The highest BCUT2D eigenvalue weighted by molar-refractivity contribution is 5.24. The number of hydrogen-bond acceptors (Lipinski definition) is 2. The molecule has 0 aliphatic heterocycles. The zero-order valence-corrected chi connectivity index (χ0v) is 13.4. The Bertz CT molecular complexity index is 345. The van der Waals surface area contributed by atoms with E-state index < -0.39 is 0 Å². The molecule has 0 saturated heterocycles. The van der Waals surface area contributed by atoms with Crippen molar-refractivity contribution in [1.29, 1.82) is 0 Å². The Labute approximate surface area is 124 Å². The lowest BCUT2D eigenvalue weighted by molar-refractivity contribution is 0.0358. The predicted molar refractivity (Wildman–Crippen MR) is 86.9 cm³/mol. The Kier molecular flexibility index (Phi) is 8.56. The van der Waals surface area contributed by atoms with Crippen LogP contribution < -0.4 is 5.73 Å². The van der Waals surface area contributed by atoms with E-state index in [2.05, 4.69) is 38.1 Å². The molecular formula is C18H31NO. The number of ether oxygens (including phenoxy) is 1. The first-order valence-corrected chi connectivity index (χ1v) is 8.09. The third-order valence-corrected chi connectivity index (χ3v) is 3.68. The van der Waals surface area contributed by atoms with Crippen LogP contribution in [0.25, 0.3) is 0 Å². The molecule has 0 heterocycles. The topological polar surface area (TPSA) is 35.2 Å². The van der Waals surface area contributed by atoms with Crippen molar-refractivity contribution in [2.75, 3.05) is 6.61 Å². The van der Waals surface area contributed by atoms with Gasteiger partial charge in [0.15, 0.2) is 0 Å². The molecule has 1 rings (SSSR count). The van der Waals surface area contributed by atoms with Crippen molar-refractivity contribution in [3.05, 3.63) is 35.4 Å². The Hall–Kier alpha value is -0.860. The van der Waals surface area contributed by atoms with E-state index in [4.69, 9.17) is 10.5 Å². The molecule has 0 aliphatic rings. The summed E-state index contributed by atoms with van der Waals surface area (Å²) in [5, 5.41) is 0. The highest BCUT2D eigenvalue weighted by Crippen LogP contribution is 2.21. The molecule has 114 valence electrons. The first-order chi connectivity index (χ1) is 9.65. The molecule has 0 amide bonds. The van der Waals surface area contributed by atoms with Crippen LogP contribution in [0.5, 0.6) is 0 Å². The summed E-state index contributed by atoms with van der Waals surface area (Å²) >= 11 is 0. The van der Waals surface area contributed by atoms with E-state index in [0.29, 0.717) is 0 Å². The van der Waals surface area contributed by atoms with Gasteiger partial charge in [0.2, 0.25) is 0 Å². The lowest BCUT2D eigenvalue weighted by atomic mass is 10.0. The molecule has 20 heavy (non-hydrogen) atoms. The zero-order chi connectivity index (χ0) is 14.8. The van der Waals surface area contributed by atoms with Crippen molar-refractivity contribution in [3.8, 4) is 0 Å². The molecule has 0 aromatic heterocycles. The van der Waals surface area contributed by atoms with E-state index in [9.17, 15) is 0 Å². The van der Waals surface area contributed by atoms with Gasteiger partial charge in [-0.05, 0) is 25.8 Å². The van der Waals surface area contributed by atoms with E-state index in [0.717, 1.165) is 13.0 Å². The van der Waals surface area contributed by atoms with E-state index in [-0.39, 0.29) is 12.1 Å². The standard InChI is InChI=1S/C18H31NO/c1-4-5-6-7-8-9-14-20-18(16(3)19)17-12-10-15(2)11-13-17/h10-13,16,18H,4-9,14,19H2,1-3H3. The van der Waals surface area contributed by atoms with Crippen molar-refractivity contribution in [2.24, 2.45) is 5.73 Å². The van der Waals surface area contributed by atoms with Gasteiger partial charge in [0.25, 0.3) is 0 Å². The summed E-state index contributed by atoms with van der Waals surface area (Å²) in [6, 6.07) is 8.53. The molecule has 2 heteroatoms. The number of benzene rings is 1. The summed E-state index contributed by atoms with van der Waals surface area (Å²) in [6.45, 7) is 7.18. The highest BCUT2D eigenvalue weighted by Gasteiger charge is 2.16. The molecule has 0 bridgehead atoms.